The standard InChI is InChI=1S/C23H28N2.2BrH/c1-25(2,3)19-7-16-24-17-14-20(15-18-24)12-13-22-10-6-9-21-8-4-5-11-23(21)22;;/h4-6,8-15,17-18H,7,16,19H2,1-3H3;2*1H/q+2;;/p-2/b13-12+;;. The van der Waals surface area contributed by atoms with Crippen molar-refractivity contribution in [2.45, 2.75) is 13.0 Å². The van der Waals surface area contributed by atoms with Gasteiger partial charge in [-0.25, -0.2) is 4.57 Å². The number of aryl methyl sites for hydroxylation is 1. The Hall–Kier alpha value is -1.49. The number of rotatable bonds is 6. The number of hydrogen-bond donors (Lipinski definition) is 0. The van der Waals surface area contributed by atoms with Crippen LogP contribution in [0.5, 0.6) is 0 Å². The predicted octanol–water partition coefficient (Wildman–Crippen LogP) is -1.60. The first kappa shape index (κ1) is 23.5. The van der Waals surface area contributed by atoms with Gasteiger partial charge in [-0.1, -0.05) is 54.6 Å². The second-order valence-electron chi connectivity index (χ2n) is 7.64. The van der Waals surface area contributed by atoms with Gasteiger partial charge in [0.2, 0.25) is 0 Å². The molecular weight excluding hydrogens is 464 g/mol. The van der Waals surface area contributed by atoms with Crippen molar-refractivity contribution in [3.05, 3.63) is 78.1 Å². The van der Waals surface area contributed by atoms with E-state index in [0.717, 1.165) is 11.0 Å². The van der Waals surface area contributed by atoms with Gasteiger partial charge in [0.1, 0.15) is 0 Å². The van der Waals surface area contributed by atoms with Crippen molar-refractivity contribution >= 4 is 22.9 Å². The van der Waals surface area contributed by atoms with Crippen molar-refractivity contribution in [3.63, 3.8) is 0 Å². The summed E-state index contributed by atoms with van der Waals surface area (Å²) < 4.78 is 3.29. The Kier molecular flexibility index (Phi) is 9.37. The molecular formula is C23H28Br2N2. The monoisotopic (exact) mass is 490 g/mol. The number of quaternary nitrogens is 1. The van der Waals surface area contributed by atoms with Gasteiger partial charge in [0.15, 0.2) is 18.9 Å². The number of aromatic nitrogens is 1. The number of nitrogens with zero attached hydrogens (tertiary/aromatic N) is 2. The summed E-state index contributed by atoms with van der Waals surface area (Å²) >= 11 is 0. The summed E-state index contributed by atoms with van der Waals surface area (Å²) in [6.45, 7) is 2.26. The number of fused-ring (bicyclic) bond motifs is 1. The van der Waals surface area contributed by atoms with Crippen LogP contribution >= 0.6 is 0 Å². The third-order valence-corrected chi connectivity index (χ3v) is 4.44. The van der Waals surface area contributed by atoms with E-state index in [0.29, 0.717) is 0 Å². The van der Waals surface area contributed by atoms with Crippen LogP contribution in [-0.2, 0) is 6.54 Å². The van der Waals surface area contributed by atoms with Crippen LogP contribution < -0.4 is 38.5 Å². The van der Waals surface area contributed by atoms with Gasteiger partial charge in [-0.2, -0.15) is 0 Å². The average molecular weight is 492 g/mol. The van der Waals surface area contributed by atoms with Gasteiger partial charge >= 0.3 is 0 Å². The van der Waals surface area contributed by atoms with Crippen molar-refractivity contribution in [2.75, 3.05) is 27.7 Å². The van der Waals surface area contributed by atoms with Crippen LogP contribution in [0.2, 0.25) is 0 Å². The quantitative estimate of drug-likeness (QED) is 0.289. The molecule has 1 aromatic heterocycles. The Morgan fingerprint density at radius 2 is 1.48 bits per heavy atom. The maximum absolute atomic E-state index is 2.27. The van der Waals surface area contributed by atoms with E-state index in [-0.39, 0.29) is 34.0 Å². The lowest BCUT2D eigenvalue weighted by Gasteiger charge is -2.22. The van der Waals surface area contributed by atoms with E-state index in [1.54, 1.807) is 0 Å². The van der Waals surface area contributed by atoms with Gasteiger partial charge in [0.25, 0.3) is 0 Å². The average Bonchev–Trinajstić information content (AvgIpc) is 2.60. The highest BCUT2D eigenvalue weighted by Crippen LogP contribution is 2.20. The minimum Gasteiger partial charge on any atom is -1.00 e. The third-order valence-electron chi connectivity index (χ3n) is 4.44. The summed E-state index contributed by atoms with van der Waals surface area (Å²) in [4.78, 5) is 0. The van der Waals surface area contributed by atoms with Crippen molar-refractivity contribution in [2.24, 2.45) is 0 Å². The van der Waals surface area contributed by atoms with Gasteiger partial charge in [-0.3, -0.25) is 0 Å². The molecule has 0 aliphatic rings. The first-order chi connectivity index (χ1) is 12.0. The van der Waals surface area contributed by atoms with E-state index < -0.39 is 0 Å². The lowest BCUT2D eigenvalue weighted by atomic mass is 10.0. The summed E-state index contributed by atoms with van der Waals surface area (Å²) in [5.74, 6) is 0. The van der Waals surface area contributed by atoms with Crippen LogP contribution in [0.25, 0.3) is 22.9 Å². The van der Waals surface area contributed by atoms with E-state index in [2.05, 4.69) is 105 Å². The molecule has 3 rings (SSSR count). The van der Waals surface area contributed by atoms with Gasteiger partial charge in [0.05, 0.1) is 34.1 Å². The number of benzene rings is 2. The zero-order valence-corrected chi connectivity index (χ0v) is 19.4. The summed E-state index contributed by atoms with van der Waals surface area (Å²) in [7, 11) is 6.73. The molecule has 0 aliphatic heterocycles. The van der Waals surface area contributed by atoms with E-state index in [1.807, 2.05) is 0 Å². The SMILES string of the molecule is C[N+](C)(C)CCC[n+]1ccc(/C=C/c2cccc3ccccc23)cc1.[Br-].[Br-]. The van der Waals surface area contributed by atoms with E-state index in [4.69, 9.17) is 0 Å². The molecule has 27 heavy (non-hydrogen) atoms. The van der Waals surface area contributed by atoms with Crippen LogP contribution in [-0.4, -0.2) is 32.2 Å². The second-order valence-corrected chi connectivity index (χ2v) is 7.64. The molecule has 0 amide bonds. The summed E-state index contributed by atoms with van der Waals surface area (Å²) in [5.41, 5.74) is 2.49. The van der Waals surface area contributed by atoms with E-state index in [1.165, 1.54) is 34.9 Å². The van der Waals surface area contributed by atoms with Crippen molar-refractivity contribution in [1.82, 2.24) is 0 Å². The van der Waals surface area contributed by atoms with Gasteiger partial charge < -0.3 is 38.4 Å². The third kappa shape index (κ3) is 7.21. The lowest BCUT2D eigenvalue weighted by molar-refractivity contribution is -0.873. The Morgan fingerprint density at radius 1 is 0.815 bits per heavy atom. The lowest BCUT2D eigenvalue weighted by Crippen LogP contribution is -3.00. The first-order valence-electron chi connectivity index (χ1n) is 8.97. The molecule has 0 saturated heterocycles. The Bertz CT molecular complexity index is 860. The Morgan fingerprint density at radius 3 is 2.19 bits per heavy atom. The van der Waals surface area contributed by atoms with E-state index >= 15 is 0 Å². The highest BCUT2D eigenvalue weighted by atomic mass is 79.9. The van der Waals surface area contributed by atoms with Crippen molar-refractivity contribution in [3.8, 4) is 0 Å². The fourth-order valence-corrected chi connectivity index (χ4v) is 3.04. The van der Waals surface area contributed by atoms with Crippen LogP contribution in [0, 0.1) is 0 Å². The normalized spacial score (nSPS) is 11.2. The first-order valence-corrected chi connectivity index (χ1v) is 8.97. The van der Waals surface area contributed by atoms with Gasteiger partial charge in [0, 0.05) is 12.1 Å². The molecule has 0 saturated carbocycles. The van der Waals surface area contributed by atoms with Crippen LogP contribution in [0.4, 0.5) is 0 Å². The molecule has 0 fully saturated rings. The van der Waals surface area contributed by atoms with Gasteiger partial charge in [-0.05, 0) is 21.9 Å². The Labute approximate surface area is 184 Å². The fourth-order valence-electron chi connectivity index (χ4n) is 3.04. The largest absolute Gasteiger partial charge is 1.00 e. The molecule has 0 radical (unpaired) electrons. The molecule has 3 aromatic rings. The van der Waals surface area contributed by atoms with Crippen LogP contribution in [0.15, 0.2) is 67.0 Å². The molecule has 2 aromatic carbocycles. The van der Waals surface area contributed by atoms with Crippen molar-refractivity contribution in [1.29, 1.82) is 0 Å². The topological polar surface area (TPSA) is 3.88 Å². The van der Waals surface area contributed by atoms with Gasteiger partial charge in [-0.15, -0.1) is 0 Å². The van der Waals surface area contributed by atoms with E-state index in [9.17, 15) is 0 Å². The van der Waals surface area contributed by atoms with Crippen LogP contribution in [0.3, 0.4) is 0 Å². The molecule has 0 aliphatic carbocycles. The van der Waals surface area contributed by atoms with Crippen molar-refractivity contribution < 1.29 is 43.0 Å². The molecule has 4 heteroatoms. The molecule has 0 N–H and O–H groups in total. The highest BCUT2D eigenvalue weighted by molar-refractivity contribution is 5.92. The molecule has 0 atom stereocenters. The molecule has 1 heterocycles. The molecule has 2 nitrogen and oxygen atoms in total. The summed E-state index contributed by atoms with van der Waals surface area (Å²) in [6, 6.07) is 19.4. The van der Waals surface area contributed by atoms with Crippen LogP contribution in [0.1, 0.15) is 17.5 Å². The smallest absolute Gasteiger partial charge is 0.169 e. The zero-order chi connectivity index (χ0) is 17.7. The highest BCUT2D eigenvalue weighted by Gasteiger charge is 2.08. The molecule has 0 bridgehead atoms. The maximum atomic E-state index is 2.27. The Balaban J connectivity index is 0.00000182. The molecule has 144 valence electrons. The zero-order valence-electron chi connectivity index (χ0n) is 16.3. The predicted molar refractivity (Wildman–Crippen MR) is 107 cm³/mol. The summed E-state index contributed by atoms with van der Waals surface area (Å²) in [6.07, 6.45) is 9.95. The minimum atomic E-state index is 0. The molecule has 0 unspecified atom stereocenters. The maximum Gasteiger partial charge on any atom is 0.169 e. The fraction of sp³-hybridized carbons (Fsp3) is 0.261. The summed E-state index contributed by atoms with van der Waals surface area (Å²) in [5, 5.41) is 2.58. The molecule has 0 spiro atoms. The number of hydrogen-bond acceptors (Lipinski definition) is 0. The number of halogens is 2. The second kappa shape index (κ2) is 10.7. The minimum absolute atomic E-state index is 0. The number of pyridine rings is 1.